The molecule has 29 atom stereocenters. The smallest absolute Gasteiger partial charge is 0.303 e. The maximum absolute atomic E-state index is 12.4. The lowest BCUT2D eigenvalue weighted by Gasteiger charge is -2.60. The van der Waals surface area contributed by atoms with E-state index in [1.54, 1.807) is 0 Å². The Morgan fingerprint density at radius 3 is 2.21 bits per heavy atom. The molecule has 9 fully saturated rings. The Kier molecular flexibility index (Phi) is 15.0. The van der Waals surface area contributed by atoms with Gasteiger partial charge >= 0.3 is 5.97 Å². The third-order valence-electron chi connectivity index (χ3n) is 19.0. The van der Waals surface area contributed by atoms with Gasteiger partial charge in [-0.2, -0.15) is 0 Å². The molecule has 11 N–H and O–H groups in total. The summed E-state index contributed by atoms with van der Waals surface area (Å²) in [5, 5.41) is 121. The van der Waals surface area contributed by atoms with E-state index in [2.05, 4.69) is 26.5 Å². The zero-order valence-corrected chi connectivity index (χ0v) is 41.8. The number of fused-ring (bicyclic) bond motifs is 7. The minimum Gasteiger partial charge on any atom is -0.457 e. The Morgan fingerprint density at radius 1 is 0.795 bits per heavy atom. The number of esters is 1. The lowest BCUT2D eigenvalue weighted by Crippen LogP contribution is -2.66. The van der Waals surface area contributed by atoms with Crippen LogP contribution in [0.25, 0.3) is 0 Å². The van der Waals surface area contributed by atoms with Crippen molar-refractivity contribution >= 4 is 5.97 Å². The molecule has 414 valence electrons. The summed E-state index contributed by atoms with van der Waals surface area (Å²) in [5.74, 6) is -2.01. The average Bonchev–Trinajstić information content (AvgIpc) is 3.93. The average molecular weight is 1050 g/mol. The monoisotopic (exact) mass is 1040 g/mol. The van der Waals surface area contributed by atoms with E-state index in [1.165, 1.54) is 6.92 Å². The van der Waals surface area contributed by atoms with Crippen LogP contribution in [-0.2, 0) is 56.9 Å². The van der Waals surface area contributed by atoms with Crippen LogP contribution < -0.4 is 0 Å². The SMILES string of the molecule is C=C1CO[C@@]2(O[C@H]3C[C@H]4[C@@H]5CC=C6C[C@@H](O)C[C@@H](O[C@@H]7OC[C@@H](O)[C@@H](O[C@@H]8OC[C@@H](O)[C@H](O)[C@H]8O)[C@@H]7O[C@@H]7O[C@@H](C)[C@H](OC(C)=O)[C@@H](O[C@@H]8OC[C@](O)(CO)[C@H]8O)[C@H]7O)[C@]6(C)[C@H]5CC[C@]4(C)[C@H]3[C@@H]2C)[C@@H](O)[C@H]1O. The highest BCUT2D eigenvalue weighted by Gasteiger charge is 2.72. The van der Waals surface area contributed by atoms with Gasteiger partial charge in [0.25, 0.3) is 0 Å². The van der Waals surface area contributed by atoms with E-state index >= 15 is 0 Å². The fourth-order valence-corrected chi connectivity index (χ4v) is 15.1. The first kappa shape index (κ1) is 54.5. The third-order valence-corrected chi connectivity index (χ3v) is 19.0. The van der Waals surface area contributed by atoms with Crippen molar-refractivity contribution in [2.75, 3.05) is 33.0 Å². The van der Waals surface area contributed by atoms with Gasteiger partial charge in [0.15, 0.2) is 31.3 Å². The molecule has 6 aliphatic heterocycles. The molecule has 1 spiro atoms. The summed E-state index contributed by atoms with van der Waals surface area (Å²) in [6.45, 7) is 10.8. The van der Waals surface area contributed by atoms with E-state index in [0.29, 0.717) is 18.4 Å². The lowest BCUT2D eigenvalue weighted by atomic mass is 9.46. The highest BCUT2D eigenvalue weighted by atomic mass is 16.8. The van der Waals surface area contributed by atoms with Gasteiger partial charge < -0.3 is 108 Å². The molecule has 10 aliphatic rings. The first-order chi connectivity index (χ1) is 34.5. The van der Waals surface area contributed by atoms with Crippen LogP contribution in [0.5, 0.6) is 0 Å². The summed E-state index contributed by atoms with van der Waals surface area (Å²) in [5.41, 5.74) is -1.62. The maximum Gasteiger partial charge on any atom is 0.303 e. The summed E-state index contributed by atoms with van der Waals surface area (Å²) in [6, 6.07) is 0. The van der Waals surface area contributed by atoms with Gasteiger partial charge in [-0.05, 0) is 73.7 Å². The molecule has 3 saturated carbocycles. The molecule has 10 rings (SSSR count). The van der Waals surface area contributed by atoms with E-state index in [9.17, 15) is 61.0 Å². The number of ether oxygens (including phenoxy) is 11. The molecule has 4 aliphatic carbocycles. The maximum atomic E-state index is 12.4. The zero-order valence-electron chi connectivity index (χ0n) is 41.8. The summed E-state index contributed by atoms with van der Waals surface area (Å²) >= 11 is 0. The minimum atomic E-state index is -2.11. The molecule has 0 unspecified atom stereocenters. The second-order valence-electron chi connectivity index (χ2n) is 23.1. The first-order valence-corrected chi connectivity index (χ1v) is 25.9. The molecule has 0 amide bonds. The molecule has 6 heterocycles. The van der Waals surface area contributed by atoms with Gasteiger partial charge in [-0.15, -0.1) is 0 Å². The number of hydrogen-bond acceptors (Lipinski definition) is 23. The standard InChI is InChI=1S/C50H76O23/c1-19-14-66-50(41(60)33(19)56)20(2)32-30(73-50)13-27-25-8-7-23-11-24(53)12-31(48(23,6)26(25)9-10-47(27,32)5)69-45-40(38(29(55)16-64-45)70-43-35(58)34(57)28(54)15-63-43)72-44-36(59)39(37(21(3)67-44)68-22(4)52)71-46-42(61)49(62,17-51)18-65-46/h7,20-21,24-46,51,53-62H,1,8-18H2,2-6H3/t20-,21-,24+,25+,26-,27-,28+,29+,30-,31+,32-,33-,34-,35+,36+,37-,38+,39-,40-,41-,42-,43-,44-,45-,46-,47-,48-,49+,50-/m0/s1. The van der Waals surface area contributed by atoms with E-state index in [0.717, 1.165) is 31.8 Å². The van der Waals surface area contributed by atoms with Crippen molar-refractivity contribution < 1.29 is 113 Å². The van der Waals surface area contributed by atoms with Crippen molar-refractivity contribution in [1.82, 2.24) is 0 Å². The van der Waals surface area contributed by atoms with E-state index in [-0.39, 0.29) is 54.1 Å². The highest BCUT2D eigenvalue weighted by Crippen LogP contribution is 2.71. The van der Waals surface area contributed by atoms with Gasteiger partial charge in [-0.25, -0.2) is 0 Å². The van der Waals surface area contributed by atoms with Gasteiger partial charge in [0.1, 0.15) is 72.7 Å². The molecule has 0 aromatic rings. The van der Waals surface area contributed by atoms with E-state index in [4.69, 9.17) is 52.1 Å². The molecule has 23 heteroatoms. The van der Waals surface area contributed by atoms with Crippen LogP contribution in [0.15, 0.2) is 23.8 Å². The number of rotatable bonds is 10. The number of carbonyl (C=O) groups is 1. The minimum absolute atomic E-state index is 0.0203. The van der Waals surface area contributed by atoms with Crippen LogP contribution in [0.3, 0.4) is 0 Å². The van der Waals surface area contributed by atoms with Crippen molar-refractivity contribution in [1.29, 1.82) is 0 Å². The first-order valence-electron chi connectivity index (χ1n) is 25.9. The predicted octanol–water partition coefficient (Wildman–Crippen LogP) is -2.64. The Hall–Kier alpha value is -1.89. The summed E-state index contributed by atoms with van der Waals surface area (Å²) in [6.07, 6.45) is -22.3. The van der Waals surface area contributed by atoms with Gasteiger partial charge in [0.05, 0.1) is 57.5 Å². The summed E-state index contributed by atoms with van der Waals surface area (Å²) in [7, 11) is 0. The molecular formula is C50H76O23. The number of hydrogen-bond donors (Lipinski definition) is 11. The quantitative estimate of drug-likeness (QED) is 0.0787. The normalized spacial score (nSPS) is 55.9. The fourth-order valence-electron chi connectivity index (χ4n) is 15.1. The van der Waals surface area contributed by atoms with E-state index in [1.807, 2.05) is 6.92 Å². The van der Waals surface area contributed by atoms with Crippen molar-refractivity contribution in [2.24, 2.45) is 40.4 Å². The largest absolute Gasteiger partial charge is 0.457 e. The fraction of sp³-hybridized carbons (Fsp3) is 0.900. The van der Waals surface area contributed by atoms with Crippen LogP contribution >= 0.6 is 0 Å². The van der Waals surface area contributed by atoms with Gasteiger partial charge in [-0.3, -0.25) is 4.79 Å². The Morgan fingerprint density at radius 2 is 1.49 bits per heavy atom. The second-order valence-corrected chi connectivity index (χ2v) is 23.1. The Bertz CT molecular complexity index is 2060. The Balaban J connectivity index is 0.942. The summed E-state index contributed by atoms with van der Waals surface area (Å²) < 4.78 is 68.0. The molecule has 23 nitrogen and oxygen atoms in total. The molecule has 0 bridgehead atoms. The van der Waals surface area contributed by atoms with Crippen LogP contribution in [0.1, 0.15) is 73.1 Å². The lowest BCUT2D eigenvalue weighted by molar-refractivity contribution is -0.387. The van der Waals surface area contributed by atoms with Crippen molar-refractivity contribution in [3.05, 3.63) is 23.8 Å². The van der Waals surface area contributed by atoms with Crippen LogP contribution in [0.2, 0.25) is 0 Å². The van der Waals surface area contributed by atoms with Crippen molar-refractivity contribution in [3.8, 4) is 0 Å². The number of aliphatic hydroxyl groups is 11. The van der Waals surface area contributed by atoms with Gasteiger partial charge in [0.2, 0.25) is 5.79 Å². The number of carbonyl (C=O) groups excluding carboxylic acids is 1. The zero-order chi connectivity index (χ0) is 52.4. The second kappa shape index (κ2) is 20.1. The topological polar surface area (TPSA) is 341 Å². The molecule has 0 radical (unpaired) electrons. The Labute approximate surface area is 422 Å². The third kappa shape index (κ3) is 8.91. The predicted molar refractivity (Wildman–Crippen MR) is 243 cm³/mol. The van der Waals surface area contributed by atoms with Crippen LogP contribution in [0, 0.1) is 40.4 Å². The number of aliphatic hydroxyl groups excluding tert-OH is 10. The van der Waals surface area contributed by atoms with Crippen LogP contribution in [0.4, 0.5) is 0 Å². The molecule has 73 heavy (non-hydrogen) atoms. The summed E-state index contributed by atoms with van der Waals surface area (Å²) in [4.78, 5) is 12.4. The molecule has 6 saturated heterocycles. The van der Waals surface area contributed by atoms with Crippen LogP contribution in [-0.4, -0.2) is 229 Å². The van der Waals surface area contributed by atoms with Gasteiger partial charge in [0, 0.05) is 24.7 Å². The highest BCUT2D eigenvalue weighted by molar-refractivity contribution is 5.66. The molecule has 0 aromatic carbocycles. The van der Waals surface area contributed by atoms with Gasteiger partial charge in [-0.1, -0.05) is 39.0 Å². The number of allylic oxidation sites excluding steroid dienone is 1. The van der Waals surface area contributed by atoms with Crippen molar-refractivity contribution in [2.45, 2.75) is 207 Å². The molecular weight excluding hydrogens is 969 g/mol. The van der Waals surface area contributed by atoms with Crippen molar-refractivity contribution in [3.63, 3.8) is 0 Å². The molecule has 0 aromatic heterocycles. The van der Waals surface area contributed by atoms with E-state index < -0.39 is 166 Å².